The Morgan fingerprint density at radius 2 is 1.80 bits per heavy atom. The zero-order valence-corrected chi connectivity index (χ0v) is 22.8. The molecule has 0 aromatic carbocycles. The highest BCUT2D eigenvalue weighted by molar-refractivity contribution is 5.94. The third-order valence-electron chi connectivity index (χ3n) is 12.3. The molecule has 0 aromatic rings. The van der Waals surface area contributed by atoms with Crippen molar-refractivity contribution in [2.75, 3.05) is 6.61 Å². The van der Waals surface area contributed by atoms with E-state index in [1.54, 1.807) is 13.8 Å². The summed E-state index contributed by atoms with van der Waals surface area (Å²) in [5.41, 5.74) is -4.10. The zero-order chi connectivity index (χ0) is 28.2. The Labute approximate surface area is 231 Å². The molecule has 14 atom stereocenters. The summed E-state index contributed by atoms with van der Waals surface area (Å²) in [5, 5.41) is 35.6. The van der Waals surface area contributed by atoms with Crippen LogP contribution in [0.25, 0.3) is 0 Å². The van der Waals surface area contributed by atoms with E-state index in [0.29, 0.717) is 37.7 Å². The Morgan fingerprint density at radius 3 is 2.52 bits per heavy atom. The second-order valence-electron chi connectivity index (χ2n) is 14.0. The maximum Gasteiger partial charge on any atom is 0.331 e. The highest BCUT2D eigenvalue weighted by Crippen LogP contribution is 2.77. The molecule has 3 saturated heterocycles. The second-order valence-corrected chi connectivity index (χ2v) is 14.0. The Morgan fingerprint density at radius 1 is 1.02 bits per heavy atom. The van der Waals surface area contributed by atoms with Crippen LogP contribution in [0.1, 0.15) is 59.3 Å². The van der Waals surface area contributed by atoms with Gasteiger partial charge in [-0.3, -0.25) is 9.59 Å². The molecular formula is C29H36O11. The number of rotatable bonds is 1. The first kappa shape index (κ1) is 25.9. The van der Waals surface area contributed by atoms with E-state index in [1.807, 2.05) is 6.92 Å². The average Bonchev–Trinajstić information content (AvgIpc) is 3.33. The molecule has 11 heteroatoms. The SMILES string of the molecule is C[C@@H]1CC(=O)[C@]2(O)O[C@@H]3C[C@@]4(C)[C@@H](C[C@@H]5O[C@]56[C@H]4[C@H](O)C(=O)[C@]4(C)[C@@H](C5=CC(=O)OC5)CC[C@]64O)C[C@H]3O[C@@H]2O1. The zero-order valence-electron chi connectivity index (χ0n) is 22.8. The van der Waals surface area contributed by atoms with Crippen LogP contribution < -0.4 is 0 Å². The molecule has 0 radical (unpaired) electrons. The van der Waals surface area contributed by atoms with Crippen molar-refractivity contribution in [2.45, 2.75) is 113 Å². The van der Waals surface area contributed by atoms with Gasteiger partial charge >= 0.3 is 5.97 Å². The van der Waals surface area contributed by atoms with Gasteiger partial charge < -0.3 is 39.0 Å². The second kappa shape index (κ2) is 7.61. The molecule has 8 rings (SSSR count). The summed E-state index contributed by atoms with van der Waals surface area (Å²) in [6.45, 7) is 5.53. The maximum atomic E-state index is 14.2. The van der Waals surface area contributed by atoms with Gasteiger partial charge in [0.15, 0.2) is 11.6 Å². The summed E-state index contributed by atoms with van der Waals surface area (Å²) in [6.07, 6.45) is -0.904. The van der Waals surface area contributed by atoms with Gasteiger partial charge in [-0.1, -0.05) is 6.92 Å². The van der Waals surface area contributed by atoms with Crippen LogP contribution in [0.2, 0.25) is 0 Å². The van der Waals surface area contributed by atoms with Crippen molar-refractivity contribution in [3.8, 4) is 0 Å². The number of Topliss-reactive ketones (excluding diaryl/α,β-unsaturated/α-hetero) is 2. The van der Waals surface area contributed by atoms with Crippen LogP contribution in [0.5, 0.6) is 0 Å². The first-order valence-electron chi connectivity index (χ1n) is 14.5. The largest absolute Gasteiger partial charge is 0.458 e. The molecular weight excluding hydrogens is 524 g/mol. The van der Waals surface area contributed by atoms with E-state index in [1.165, 1.54) is 6.08 Å². The fourth-order valence-corrected chi connectivity index (χ4v) is 10.4. The molecule has 0 unspecified atom stereocenters. The van der Waals surface area contributed by atoms with Gasteiger partial charge in [-0.05, 0) is 68.8 Å². The normalized spacial score (nSPS) is 59.9. The number of epoxide rings is 1. The molecule has 218 valence electrons. The first-order chi connectivity index (χ1) is 18.8. The molecule has 1 spiro atoms. The van der Waals surface area contributed by atoms with E-state index in [0.717, 1.165) is 0 Å². The van der Waals surface area contributed by atoms with Crippen LogP contribution >= 0.6 is 0 Å². The van der Waals surface area contributed by atoms with Gasteiger partial charge in [0.05, 0.1) is 29.8 Å². The van der Waals surface area contributed by atoms with Crippen LogP contribution in [-0.4, -0.2) is 93.3 Å². The third kappa shape index (κ3) is 2.74. The average molecular weight is 561 g/mol. The lowest BCUT2D eigenvalue weighted by molar-refractivity contribution is -0.414. The molecule has 4 aliphatic heterocycles. The lowest BCUT2D eigenvalue weighted by Crippen LogP contribution is -2.77. The van der Waals surface area contributed by atoms with Gasteiger partial charge in [0.25, 0.3) is 5.79 Å². The molecule has 0 bridgehead atoms. The number of carbonyl (C=O) groups excluding carboxylic acids is 3. The summed E-state index contributed by atoms with van der Waals surface area (Å²) >= 11 is 0. The number of esters is 1. The predicted molar refractivity (Wildman–Crippen MR) is 131 cm³/mol. The van der Waals surface area contributed by atoms with Gasteiger partial charge in [-0.25, -0.2) is 4.79 Å². The molecule has 40 heavy (non-hydrogen) atoms. The standard InChI is InChI=1S/C29H36O11/c1-12-6-18(30)29(35)24(37-12)38-16-8-14-9-19-28(40-19)22(25(14,2)10-17(16)39-29)21(32)23(33)26(3)15(4-5-27(26,28)34)13-7-20(31)36-11-13/h7,12,14-17,19,21-22,24,32,34-35H,4-6,8-11H2,1-3H3/t12-,14-,15-,16-,17-,19+,21+,22+,24+,25+,26+,27-,28+,29+/m1/s1. The van der Waals surface area contributed by atoms with Crippen molar-refractivity contribution < 1.29 is 53.4 Å². The number of ketones is 2. The number of hydrogen-bond donors (Lipinski definition) is 3. The minimum Gasteiger partial charge on any atom is -0.458 e. The quantitative estimate of drug-likeness (QED) is 0.230. The smallest absolute Gasteiger partial charge is 0.331 e. The summed E-state index contributed by atoms with van der Waals surface area (Å²) in [7, 11) is 0. The van der Waals surface area contributed by atoms with E-state index < -0.39 is 87.9 Å². The van der Waals surface area contributed by atoms with Crippen molar-refractivity contribution in [2.24, 2.45) is 28.6 Å². The molecule has 4 heterocycles. The highest BCUT2D eigenvalue weighted by atomic mass is 16.8. The highest BCUT2D eigenvalue weighted by Gasteiger charge is 2.89. The minimum atomic E-state index is -2.22. The number of aliphatic hydroxyl groups is 3. The lowest BCUT2D eigenvalue weighted by Gasteiger charge is -2.64. The van der Waals surface area contributed by atoms with Crippen LogP contribution in [0.15, 0.2) is 11.6 Å². The number of aliphatic hydroxyl groups excluding tert-OH is 1. The Hall–Kier alpha value is -1.73. The first-order valence-corrected chi connectivity index (χ1v) is 14.5. The fourth-order valence-electron chi connectivity index (χ4n) is 10.4. The van der Waals surface area contributed by atoms with Gasteiger partial charge in [-0.15, -0.1) is 0 Å². The van der Waals surface area contributed by atoms with Gasteiger partial charge in [0.2, 0.25) is 6.29 Å². The van der Waals surface area contributed by atoms with E-state index in [9.17, 15) is 29.7 Å². The minimum absolute atomic E-state index is 0.00195. The van der Waals surface area contributed by atoms with Gasteiger partial charge in [0.1, 0.15) is 23.9 Å². The Balaban J connectivity index is 1.16. The van der Waals surface area contributed by atoms with Crippen LogP contribution in [-0.2, 0) is 38.1 Å². The number of ether oxygens (including phenoxy) is 5. The number of fused-ring (bicyclic) bond motifs is 5. The summed E-state index contributed by atoms with van der Waals surface area (Å²) in [4.78, 5) is 38.9. The maximum absolute atomic E-state index is 14.2. The van der Waals surface area contributed by atoms with E-state index in [4.69, 9.17) is 23.7 Å². The third-order valence-corrected chi connectivity index (χ3v) is 12.3. The monoisotopic (exact) mass is 560 g/mol. The van der Waals surface area contributed by atoms with Crippen molar-refractivity contribution in [3.63, 3.8) is 0 Å². The molecule has 0 aromatic heterocycles. The van der Waals surface area contributed by atoms with Crippen molar-refractivity contribution in [1.82, 2.24) is 0 Å². The summed E-state index contributed by atoms with van der Waals surface area (Å²) in [5.74, 6) is -4.82. The van der Waals surface area contributed by atoms with Crippen LogP contribution in [0.4, 0.5) is 0 Å². The topological polar surface area (TPSA) is 161 Å². The number of hydrogen-bond acceptors (Lipinski definition) is 11. The van der Waals surface area contributed by atoms with Gasteiger partial charge in [0, 0.05) is 18.4 Å². The Bertz CT molecular complexity index is 1260. The number of carbonyl (C=O) groups is 3. The number of cyclic esters (lactones) is 1. The predicted octanol–water partition coefficient (Wildman–Crippen LogP) is 0.311. The van der Waals surface area contributed by atoms with E-state index >= 15 is 0 Å². The van der Waals surface area contributed by atoms with Crippen molar-refractivity contribution >= 4 is 17.5 Å². The summed E-state index contributed by atoms with van der Waals surface area (Å²) in [6, 6.07) is 0. The molecule has 4 aliphatic carbocycles. The molecule has 4 saturated carbocycles. The van der Waals surface area contributed by atoms with Crippen LogP contribution in [0.3, 0.4) is 0 Å². The molecule has 7 fully saturated rings. The van der Waals surface area contributed by atoms with Crippen LogP contribution in [0, 0.1) is 28.6 Å². The molecule has 0 amide bonds. The summed E-state index contributed by atoms with van der Waals surface area (Å²) < 4.78 is 29.6. The molecule has 11 nitrogen and oxygen atoms in total. The lowest BCUT2D eigenvalue weighted by atomic mass is 9.41. The van der Waals surface area contributed by atoms with Crippen molar-refractivity contribution in [1.29, 1.82) is 0 Å². The Kier molecular flexibility index (Phi) is 4.93. The van der Waals surface area contributed by atoms with E-state index in [2.05, 4.69) is 0 Å². The van der Waals surface area contributed by atoms with Gasteiger partial charge in [-0.2, -0.15) is 0 Å². The van der Waals surface area contributed by atoms with E-state index in [-0.39, 0.29) is 25.0 Å². The fraction of sp³-hybridized carbons (Fsp3) is 0.828. The molecule has 3 N–H and O–H groups in total. The molecule has 8 aliphatic rings. The van der Waals surface area contributed by atoms with Crippen molar-refractivity contribution in [3.05, 3.63) is 11.6 Å².